The van der Waals surface area contributed by atoms with Crippen molar-refractivity contribution in [1.29, 1.82) is 0 Å². The van der Waals surface area contributed by atoms with E-state index in [1.807, 2.05) is 6.92 Å². The zero-order valence-electron chi connectivity index (χ0n) is 10.6. The number of hydrogen-bond donors (Lipinski definition) is 3. The molecule has 7 heteroatoms. The van der Waals surface area contributed by atoms with Crippen molar-refractivity contribution in [2.24, 2.45) is 0 Å². The Balaban J connectivity index is 3.17. The molecule has 0 amide bonds. The maximum Gasteiger partial charge on any atom is 0.356 e. The summed E-state index contributed by atoms with van der Waals surface area (Å²) in [5.74, 6) is -1.63. The van der Waals surface area contributed by atoms with Crippen molar-refractivity contribution in [3.8, 4) is 5.75 Å². The summed E-state index contributed by atoms with van der Waals surface area (Å²) in [4.78, 5) is 22.9. The van der Waals surface area contributed by atoms with Gasteiger partial charge in [0.2, 0.25) is 5.43 Å². The third-order valence-corrected chi connectivity index (χ3v) is 2.44. The fourth-order valence-corrected chi connectivity index (χ4v) is 1.56. The lowest BCUT2D eigenvalue weighted by atomic mass is 10.3. The highest BCUT2D eigenvalue weighted by molar-refractivity contribution is 5.88. The maximum atomic E-state index is 11.6. The molecule has 0 spiro atoms. The van der Waals surface area contributed by atoms with E-state index in [9.17, 15) is 9.59 Å². The van der Waals surface area contributed by atoms with Crippen LogP contribution in [0.2, 0.25) is 0 Å². The van der Waals surface area contributed by atoms with Gasteiger partial charge in [0, 0.05) is 12.3 Å². The van der Waals surface area contributed by atoms with Gasteiger partial charge in [-0.3, -0.25) is 4.79 Å². The molecule has 1 rings (SSSR count). The molecule has 106 valence electrons. The van der Waals surface area contributed by atoms with Crippen molar-refractivity contribution in [3.63, 3.8) is 0 Å². The van der Waals surface area contributed by atoms with Gasteiger partial charge in [0.15, 0.2) is 17.7 Å². The van der Waals surface area contributed by atoms with Crippen molar-refractivity contribution in [1.82, 2.24) is 4.57 Å². The van der Waals surface area contributed by atoms with Crippen LogP contribution in [0.5, 0.6) is 5.75 Å². The van der Waals surface area contributed by atoms with Crippen molar-refractivity contribution in [2.75, 3.05) is 6.61 Å². The van der Waals surface area contributed by atoms with Gasteiger partial charge in [-0.1, -0.05) is 13.3 Å². The number of ether oxygens (including phenoxy) is 1. The Labute approximate surface area is 109 Å². The molecule has 0 aliphatic carbocycles. The summed E-state index contributed by atoms with van der Waals surface area (Å²) >= 11 is 0. The van der Waals surface area contributed by atoms with Crippen LogP contribution in [0.3, 0.4) is 0 Å². The van der Waals surface area contributed by atoms with Crippen molar-refractivity contribution >= 4 is 5.97 Å². The molecule has 0 aliphatic rings. The van der Waals surface area contributed by atoms with E-state index in [-0.39, 0.29) is 24.6 Å². The highest BCUT2D eigenvalue weighted by atomic mass is 16.5. The summed E-state index contributed by atoms with van der Waals surface area (Å²) in [5, 5.41) is 27.0. The molecule has 0 atom stereocenters. The topological polar surface area (TPSA) is 109 Å². The van der Waals surface area contributed by atoms with Crippen LogP contribution in [-0.4, -0.2) is 38.8 Å². The smallest absolute Gasteiger partial charge is 0.356 e. The lowest BCUT2D eigenvalue weighted by molar-refractivity contribution is -0.0518. The van der Waals surface area contributed by atoms with Crippen LogP contribution in [0.4, 0.5) is 0 Å². The summed E-state index contributed by atoms with van der Waals surface area (Å²) in [6.07, 6.45) is 1.01. The van der Waals surface area contributed by atoms with Crippen LogP contribution in [-0.2, 0) is 6.54 Å². The maximum absolute atomic E-state index is 11.6. The summed E-state index contributed by atoms with van der Waals surface area (Å²) in [6.45, 7) is 1.82. The quantitative estimate of drug-likeness (QED) is 0.477. The van der Waals surface area contributed by atoms with E-state index in [0.29, 0.717) is 6.42 Å². The van der Waals surface area contributed by atoms with Crippen LogP contribution in [0.1, 0.15) is 30.3 Å². The first-order valence-electron chi connectivity index (χ1n) is 5.93. The molecular formula is C12H17NO6. The molecule has 0 unspecified atom stereocenters. The van der Waals surface area contributed by atoms with Crippen LogP contribution < -0.4 is 10.2 Å². The summed E-state index contributed by atoms with van der Waals surface area (Å²) in [5.41, 5.74) is -0.922. The standard InChI is InChI=1S/C12H17NO6/c1-2-3-6-19-11-8(14)4-5-13(7-9(15)16)10(11)12(17)18/h4-5,9,15-16H,2-3,6-7H2,1H3,(H,17,18). The molecule has 1 aromatic rings. The van der Waals surface area contributed by atoms with Crippen LogP contribution >= 0.6 is 0 Å². The van der Waals surface area contributed by atoms with Gasteiger partial charge in [0.05, 0.1) is 13.2 Å². The first-order chi connectivity index (χ1) is 8.97. The minimum absolute atomic E-state index is 0.234. The number of aliphatic hydroxyl groups is 2. The minimum atomic E-state index is -1.72. The molecular weight excluding hydrogens is 254 g/mol. The van der Waals surface area contributed by atoms with Gasteiger partial charge in [-0.05, 0) is 6.42 Å². The Morgan fingerprint density at radius 1 is 1.47 bits per heavy atom. The zero-order valence-corrected chi connectivity index (χ0v) is 10.6. The molecule has 0 aliphatic heterocycles. The fraction of sp³-hybridized carbons (Fsp3) is 0.500. The molecule has 0 fully saturated rings. The molecule has 0 bridgehead atoms. The van der Waals surface area contributed by atoms with Gasteiger partial charge < -0.3 is 24.6 Å². The number of aromatic carboxylic acids is 1. The van der Waals surface area contributed by atoms with E-state index in [2.05, 4.69) is 0 Å². The van der Waals surface area contributed by atoms with Gasteiger partial charge in [-0.15, -0.1) is 0 Å². The van der Waals surface area contributed by atoms with Gasteiger partial charge in [0.25, 0.3) is 0 Å². The third-order valence-electron chi connectivity index (χ3n) is 2.44. The predicted molar refractivity (Wildman–Crippen MR) is 66.3 cm³/mol. The lowest BCUT2D eigenvalue weighted by Gasteiger charge is -2.15. The first-order valence-corrected chi connectivity index (χ1v) is 5.93. The van der Waals surface area contributed by atoms with Crippen molar-refractivity contribution in [2.45, 2.75) is 32.6 Å². The largest absolute Gasteiger partial charge is 0.487 e. The van der Waals surface area contributed by atoms with E-state index >= 15 is 0 Å². The molecule has 0 radical (unpaired) electrons. The van der Waals surface area contributed by atoms with Crippen LogP contribution in [0.15, 0.2) is 17.1 Å². The minimum Gasteiger partial charge on any atom is -0.487 e. The summed E-state index contributed by atoms with van der Waals surface area (Å²) in [7, 11) is 0. The van der Waals surface area contributed by atoms with E-state index in [1.54, 1.807) is 0 Å². The van der Waals surface area contributed by atoms with Gasteiger partial charge in [-0.2, -0.15) is 0 Å². The average Bonchev–Trinajstić information content (AvgIpc) is 2.32. The number of pyridine rings is 1. The van der Waals surface area contributed by atoms with Gasteiger partial charge in [-0.25, -0.2) is 4.79 Å². The Morgan fingerprint density at radius 3 is 2.68 bits per heavy atom. The average molecular weight is 271 g/mol. The Bertz CT molecular complexity index is 493. The molecule has 0 saturated heterocycles. The molecule has 1 heterocycles. The number of rotatable bonds is 7. The number of aliphatic hydroxyl groups excluding tert-OH is 1. The SMILES string of the molecule is CCCCOc1c(C(=O)O)n(CC(O)O)ccc1=O. The number of hydrogen-bond acceptors (Lipinski definition) is 5. The van der Waals surface area contributed by atoms with Crippen LogP contribution in [0, 0.1) is 0 Å². The predicted octanol–water partition coefficient (Wildman–Crippen LogP) is 0.0361. The summed E-state index contributed by atoms with van der Waals surface area (Å²) < 4.78 is 6.28. The van der Waals surface area contributed by atoms with Gasteiger partial charge in [0.1, 0.15) is 0 Å². The van der Waals surface area contributed by atoms with E-state index in [1.165, 1.54) is 6.20 Å². The number of carbonyl (C=O) groups is 1. The number of nitrogens with zero attached hydrogens (tertiary/aromatic N) is 1. The molecule has 3 N–H and O–H groups in total. The second-order valence-corrected chi connectivity index (χ2v) is 4.00. The third kappa shape index (κ3) is 4.08. The summed E-state index contributed by atoms with van der Waals surface area (Å²) in [6, 6.07) is 1.14. The first kappa shape index (κ1) is 15.2. The molecule has 7 nitrogen and oxygen atoms in total. The fourth-order valence-electron chi connectivity index (χ4n) is 1.56. The van der Waals surface area contributed by atoms with E-state index in [0.717, 1.165) is 17.1 Å². The second kappa shape index (κ2) is 6.91. The zero-order chi connectivity index (χ0) is 14.4. The number of carboxylic acids is 1. The monoisotopic (exact) mass is 271 g/mol. The number of carboxylic acid groups (broad SMARTS) is 1. The van der Waals surface area contributed by atoms with Crippen LogP contribution in [0.25, 0.3) is 0 Å². The highest BCUT2D eigenvalue weighted by Crippen LogP contribution is 2.14. The molecule has 0 aromatic carbocycles. The number of aromatic nitrogens is 1. The molecule has 1 aromatic heterocycles. The van der Waals surface area contributed by atoms with E-state index in [4.69, 9.17) is 20.1 Å². The van der Waals surface area contributed by atoms with Gasteiger partial charge >= 0.3 is 5.97 Å². The van der Waals surface area contributed by atoms with Crippen molar-refractivity contribution in [3.05, 3.63) is 28.2 Å². The molecule has 19 heavy (non-hydrogen) atoms. The van der Waals surface area contributed by atoms with E-state index < -0.39 is 17.7 Å². The lowest BCUT2D eigenvalue weighted by Crippen LogP contribution is -2.24. The molecule has 0 saturated carbocycles. The highest BCUT2D eigenvalue weighted by Gasteiger charge is 2.20. The Hall–Kier alpha value is -1.86. The Morgan fingerprint density at radius 2 is 2.16 bits per heavy atom. The Kier molecular flexibility index (Phi) is 5.53. The second-order valence-electron chi connectivity index (χ2n) is 4.00. The number of unbranched alkanes of at least 4 members (excludes halogenated alkanes) is 1. The normalized spacial score (nSPS) is 10.7. The van der Waals surface area contributed by atoms with Crippen molar-refractivity contribution < 1.29 is 24.9 Å².